The van der Waals surface area contributed by atoms with E-state index < -0.39 is 0 Å². The minimum absolute atomic E-state index is 0.453. The maximum Gasteiger partial charge on any atom is 0.131 e. The van der Waals surface area contributed by atoms with E-state index >= 15 is 0 Å². The summed E-state index contributed by atoms with van der Waals surface area (Å²) in [6.07, 6.45) is 6.42. The van der Waals surface area contributed by atoms with Crippen LogP contribution in [0.5, 0.6) is 0 Å². The van der Waals surface area contributed by atoms with Crippen molar-refractivity contribution in [3.8, 4) is 10.4 Å². The van der Waals surface area contributed by atoms with Crippen molar-refractivity contribution in [2.24, 2.45) is 11.7 Å². The fraction of sp³-hybridized carbons (Fsp3) is 0.640. The Kier molecular flexibility index (Phi) is 7.27. The van der Waals surface area contributed by atoms with Crippen LogP contribution >= 0.6 is 11.3 Å². The van der Waals surface area contributed by atoms with E-state index in [-0.39, 0.29) is 0 Å². The lowest BCUT2D eigenvalue weighted by molar-refractivity contribution is 0.122. The third-order valence-corrected chi connectivity index (χ3v) is 8.30. The molecule has 0 bridgehead atoms. The van der Waals surface area contributed by atoms with Gasteiger partial charge in [0.15, 0.2) is 0 Å². The molecule has 4 heterocycles. The van der Waals surface area contributed by atoms with Gasteiger partial charge in [0, 0.05) is 50.2 Å². The molecule has 3 fully saturated rings. The zero-order valence-corrected chi connectivity index (χ0v) is 19.9. The zero-order chi connectivity index (χ0) is 21.8. The van der Waals surface area contributed by atoms with Gasteiger partial charge in [0.25, 0.3) is 0 Å². The van der Waals surface area contributed by atoms with Crippen molar-refractivity contribution in [1.29, 1.82) is 0 Å². The number of piperazine rings is 1. The van der Waals surface area contributed by atoms with E-state index in [0.717, 1.165) is 70.0 Å². The number of nitrogens with two attached hydrogens (primary N) is 1. The molecule has 2 aliphatic heterocycles. The van der Waals surface area contributed by atoms with Crippen LogP contribution in [0.4, 0.5) is 11.6 Å². The van der Waals surface area contributed by atoms with E-state index in [4.69, 9.17) is 15.5 Å². The number of pyridine rings is 1. The first-order chi connectivity index (χ1) is 15.7. The first-order valence-electron chi connectivity index (χ1n) is 12.4. The Morgan fingerprint density at radius 1 is 0.938 bits per heavy atom. The number of thiophene rings is 1. The van der Waals surface area contributed by atoms with Crippen LogP contribution in [0.15, 0.2) is 29.6 Å². The topological polar surface area (TPSA) is 57.9 Å². The van der Waals surface area contributed by atoms with Gasteiger partial charge < -0.3 is 20.3 Å². The van der Waals surface area contributed by atoms with Crippen LogP contribution < -0.4 is 15.5 Å². The highest BCUT2D eigenvalue weighted by molar-refractivity contribution is 7.13. The molecule has 0 atom stereocenters. The normalized spacial score (nSPS) is 25.3. The molecule has 0 aromatic carbocycles. The molecular weight excluding hydrogens is 418 g/mol. The highest BCUT2D eigenvalue weighted by Gasteiger charge is 2.23. The second-order valence-corrected chi connectivity index (χ2v) is 10.5. The van der Waals surface area contributed by atoms with Crippen molar-refractivity contribution in [1.82, 2.24) is 9.88 Å². The van der Waals surface area contributed by atoms with Gasteiger partial charge in [0.2, 0.25) is 0 Å². The van der Waals surface area contributed by atoms with Crippen LogP contribution in [0.1, 0.15) is 32.1 Å². The SMILES string of the molecule is NC1CCC(CCN2CCN(c3cc(-c4cccs4)cc(N4CCOCC4)n3)CC2)CC1. The van der Waals surface area contributed by atoms with Gasteiger partial charge in [-0.2, -0.15) is 0 Å². The van der Waals surface area contributed by atoms with E-state index in [1.165, 1.54) is 49.1 Å². The Morgan fingerprint density at radius 3 is 2.28 bits per heavy atom. The average Bonchev–Trinajstić information content (AvgIpc) is 3.40. The standard InChI is InChI=1S/C25H37N5OS/c26-22-5-3-20(4-6-22)7-8-28-9-11-29(12-10-28)24-18-21(23-2-1-17-32-23)19-25(27-24)30-13-15-31-16-14-30/h1-2,17-20,22H,3-16,26H2. The van der Waals surface area contributed by atoms with Crippen molar-refractivity contribution in [3.05, 3.63) is 29.6 Å². The molecule has 2 aromatic rings. The van der Waals surface area contributed by atoms with E-state index in [9.17, 15) is 0 Å². The van der Waals surface area contributed by atoms with Gasteiger partial charge in [-0.15, -0.1) is 11.3 Å². The molecule has 6 nitrogen and oxygen atoms in total. The number of morpholine rings is 1. The summed E-state index contributed by atoms with van der Waals surface area (Å²) in [6.45, 7) is 9.00. The molecule has 0 spiro atoms. The Hall–Kier alpha value is -1.67. The van der Waals surface area contributed by atoms with E-state index in [1.54, 1.807) is 11.3 Å². The van der Waals surface area contributed by atoms with Crippen LogP contribution in [0.3, 0.4) is 0 Å². The first-order valence-corrected chi connectivity index (χ1v) is 13.2. The number of aromatic nitrogens is 1. The number of rotatable bonds is 6. The summed E-state index contributed by atoms with van der Waals surface area (Å²) in [5, 5.41) is 2.16. The predicted molar refractivity (Wildman–Crippen MR) is 134 cm³/mol. The van der Waals surface area contributed by atoms with Gasteiger partial charge in [0.05, 0.1) is 13.2 Å². The molecule has 2 aromatic heterocycles. The third kappa shape index (κ3) is 5.45. The largest absolute Gasteiger partial charge is 0.378 e. The molecule has 2 N–H and O–H groups in total. The lowest BCUT2D eigenvalue weighted by atomic mass is 9.84. The van der Waals surface area contributed by atoms with Crippen molar-refractivity contribution in [2.45, 2.75) is 38.1 Å². The monoisotopic (exact) mass is 455 g/mol. The van der Waals surface area contributed by atoms with Crippen molar-refractivity contribution >= 4 is 23.0 Å². The molecule has 32 heavy (non-hydrogen) atoms. The van der Waals surface area contributed by atoms with Crippen LogP contribution in [-0.2, 0) is 4.74 Å². The molecule has 2 saturated heterocycles. The van der Waals surface area contributed by atoms with Crippen molar-refractivity contribution in [2.75, 3.05) is 68.8 Å². The van der Waals surface area contributed by atoms with Gasteiger partial charge >= 0.3 is 0 Å². The molecule has 1 saturated carbocycles. The Morgan fingerprint density at radius 2 is 1.62 bits per heavy atom. The van der Waals surface area contributed by atoms with Gasteiger partial charge in [-0.1, -0.05) is 6.07 Å². The minimum atomic E-state index is 0.453. The van der Waals surface area contributed by atoms with E-state index in [2.05, 4.69) is 44.3 Å². The molecular formula is C25H37N5OS. The predicted octanol–water partition coefficient (Wildman–Crippen LogP) is 3.68. The van der Waals surface area contributed by atoms with E-state index in [1.807, 2.05) is 0 Å². The lowest BCUT2D eigenvalue weighted by Gasteiger charge is -2.37. The average molecular weight is 456 g/mol. The number of ether oxygens (including phenoxy) is 1. The summed E-state index contributed by atoms with van der Waals surface area (Å²) >= 11 is 1.80. The van der Waals surface area contributed by atoms with Crippen LogP contribution in [-0.4, -0.2) is 75.0 Å². The summed E-state index contributed by atoms with van der Waals surface area (Å²) in [5.74, 6) is 3.10. The van der Waals surface area contributed by atoms with Crippen LogP contribution in [0, 0.1) is 5.92 Å². The summed E-state index contributed by atoms with van der Waals surface area (Å²) in [4.78, 5) is 13.9. The maximum absolute atomic E-state index is 6.08. The second-order valence-electron chi connectivity index (χ2n) is 9.55. The van der Waals surface area contributed by atoms with Gasteiger partial charge in [-0.3, -0.25) is 4.90 Å². The molecule has 3 aliphatic rings. The number of hydrogen-bond donors (Lipinski definition) is 1. The molecule has 174 valence electrons. The highest BCUT2D eigenvalue weighted by Crippen LogP contribution is 2.32. The zero-order valence-electron chi connectivity index (χ0n) is 19.1. The third-order valence-electron chi connectivity index (χ3n) is 7.38. The molecule has 1 aliphatic carbocycles. The molecule has 0 radical (unpaired) electrons. The van der Waals surface area contributed by atoms with Gasteiger partial charge in [-0.05, 0) is 73.7 Å². The summed E-state index contributed by atoms with van der Waals surface area (Å²) < 4.78 is 5.56. The Bertz CT molecular complexity index is 838. The Labute approximate surface area is 196 Å². The lowest BCUT2D eigenvalue weighted by Crippen LogP contribution is -2.47. The molecule has 0 unspecified atom stereocenters. The van der Waals surface area contributed by atoms with Crippen molar-refractivity contribution in [3.63, 3.8) is 0 Å². The fourth-order valence-corrected chi connectivity index (χ4v) is 5.96. The maximum atomic E-state index is 6.08. The van der Waals surface area contributed by atoms with E-state index in [0.29, 0.717) is 6.04 Å². The summed E-state index contributed by atoms with van der Waals surface area (Å²) in [7, 11) is 0. The van der Waals surface area contributed by atoms with Crippen LogP contribution in [0.2, 0.25) is 0 Å². The highest BCUT2D eigenvalue weighted by atomic mass is 32.1. The smallest absolute Gasteiger partial charge is 0.131 e. The molecule has 0 amide bonds. The quantitative estimate of drug-likeness (QED) is 0.717. The summed E-state index contributed by atoms with van der Waals surface area (Å²) in [6, 6.07) is 9.34. The fourth-order valence-electron chi connectivity index (χ4n) is 5.25. The van der Waals surface area contributed by atoms with Crippen molar-refractivity contribution < 1.29 is 4.74 Å². The second kappa shape index (κ2) is 10.5. The number of anilines is 2. The Balaban J connectivity index is 1.23. The number of nitrogens with zero attached hydrogens (tertiary/aromatic N) is 4. The summed E-state index contributed by atoms with van der Waals surface area (Å²) in [5.41, 5.74) is 7.36. The molecule has 5 rings (SSSR count). The van der Waals surface area contributed by atoms with Gasteiger partial charge in [-0.25, -0.2) is 4.98 Å². The molecule has 7 heteroatoms. The number of hydrogen-bond acceptors (Lipinski definition) is 7. The van der Waals surface area contributed by atoms with Crippen LogP contribution in [0.25, 0.3) is 10.4 Å². The first kappa shape index (κ1) is 22.1. The minimum Gasteiger partial charge on any atom is -0.378 e. The van der Waals surface area contributed by atoms with Gasteiger partial charge in [0.1, 0.15) is 11.6 Å².